The van der Waals surface area contributed by atoms with E-state index >= 15 is 0 Å². The molecule has 1 fully saturated rings. The average Bonchev–Trinajstić information content (AvgIpc) is 3.47. The van der Waals surface area contributed by atoms with E-state index in [9.17, 15) is 9.18 Å². The Hall–Kier alpha value is -3.87. The van der Waals surface area contributed by atoms with Crippen molar-refractivity contribution in [1.29, 1.82) is 0 Å². The molecule has 6 nitrogen and oxygen atoms in total. The molecule has 1 aliphatic heterocycles. The Morgan fingerprint density at radius 3 is 2.76 bits per heavy atom. The topological polar surface area (TPSA) is 67.6 Å². The van der Waals surface area contributed by atoms with Crippen molar-refractivity contribution in [2.24, 2.45) is 0 Å². The number of aromatic nitrogens is 1. The van der Waals surface area contributed by atoms with Crippen molar-refractivity contribution in [3.8, 4) is 16.9 Å². The first-order valence-corrected chi connectivity index (χ1v) is 11.1. The van der Waals surface area contributed by atoms with Gasteiger partial charge in [0.25, 0.3) is 0 Å². The lowest BCUT2D eigenvalue weighted by Crippen LogP contribution is -2.34. The number of halogens is 1. The number of likely N-dealkylation sites (tertiary alicyclic amines) is 1. The molecule has 0 saturated carbocycles. The minimum absolute atomic E-state index is 0.209. The Bertz CT molecular complexity index is 1290. The van der Waals surface area contributed by atoms with Gasteiger partial charge in [-0.3, -0.25) is 0 Å². The summed E-state index contributed by atoms with van der Waals surface area (Å²) in [6.07, 6.45) is 1.64. The summed E-state index contributed by atoms with van der Waals surface area (Å²) in [5, 5.41) is 2.97. The molecular formula is C26H24FN3O3. The Morgan fingerprint density at radius 1 is 1.15 bits per heavy atom. The van der Waals surface area contributed by atoms with Crippen molar-refractivity contribution in [3.63, 3.8) is 0 Å². The molecule has 1 N–H and O–H groups in total. The minimum atomic E-state index is -0.271. The summed E-state index contributed by atoms with van der Waals surface area (Å²) in [4.78, 5) is 19.6. The first-order chi connectivity index (χ1) is 16.1. The quantitative estimate of drug-likeness (QED) is 0.386. The van der Waals surface area contributed by atoms with E-state index in [1.165, 1.54) is 12.1 Å². The molecular weight excluding hydrogens is 421 g/mol. The van der Waals surface area contributed by atoms with E-state index in [0.29, 0.717) is 41.6 Å². The summed E-state index contributed by atoms with van der Waals surface area (Å²) in [6.45, 7) is 3.04. The highest BCUT2D eigenvalue weighted by atomic mass is 19.1. The molecule has 5 rings (SSSR count). The first-order valence-electron chi connectivity index (χ1n) is 11.1. The number of para-hydroxylation sites is 2. The molecule has 33 heavy (non-hydrogen) atoms. The zero-order chi connectivity index (χ0) is 22.8. The van der Waals surface area contributed by atoms with Crippen LogP contribution < -0.4 is 10.1 Å². The zero-order valence-electron chi connectivity index (χ0n) is 18.3. The third-order valence-corrected chi connectivity index (χ3v) is 5.81. The second-order valence-electron chi connectivity index (χ2n) is 7.95. The number of rotatable bonds is 5. The van der Waals surface area contributed by atoms with Gasteiger partial charge in [0.05, 0.1) is 12.3 Å². The number of urea groups is 1. The Balaban J connectivity index is 1.38. The maximum atomic E-state index is 13.3. The van der Waals surface area contributed by atoms with Gasteiger partial charge in [-0.25, -0.2) is 14.2 Å². The molecule has 1 aliphatic rings. The monoisotopic (exact) mass is 445 g/mol. The van der Waals surface area contributed by atoms with Crippen LogP contribution in [-0.2, 0) is 0 Å². The fourth-order valence-electron chi connectivity index (χ4n) is 4.21. The molecule has 0 aliphatic carbocycles. The minimum Gasteiger partial charge on any atom is -0.492 e. The number of hydrogen-bond acceptors (Lipinski definition) is 4. The molecule has 4 aromatic rings. The van der Waals surface area contributed by atoms with Gasteiger partial charge in [-0.15, -0.1) is 0 Å². The number of nitrogens with zero attached hydrogens (tertiary/aromatic N) is 2. The molecule has 7 heteroatoms. The highest BCUT2D eigenvalue weighted by Gasteiger charge is 2.34. The van der Waals surface area contributed by atoms with Crippen LogP contribution in [0.3, 0.4) is 0 Å². The largest absolute Gasteiger partial charge is 0.492 e. The highest BCUT2D eigenvalue weighted by molar-refractivity contribution is 5.91. The molecule has 1 saturated heterocycles. The molecule has 0 unspecified atom stereocenters. The van der Waals surface area contributed by atoms with Crippen LogP contribution in [0.5, 0.6) is 5.75 Å². The molecule has 0 bridgehead atoms. The van der Waals surface area contributed by atoms with Crippen LogP contribution in [0.4, 0.5) is 14.9 Å². The molecule has 0 spiro atoms. The van der Waals surface area contributed by atoms with Crippen LogP contribution in [0, 0.1) is 5.82 Å². The predicted molar refractivity (Wildman–Crippen MR) is 125 cm³/mol. The zero-order valence-corrected chi connectivity index (χ0v) is 18.3. The fraction of sp³-hybridized carbons (Fsp3) is 0.231. The smallest absolute Gasteiger partial charge is 0.322 e. The molecule has 1 aromatic heterocycles. The van der Waals surface area contributed by atoms with Crippen LogP contribution >= 0.6 is 0 Å². The number of ether oxygens (including phenoxy) is 1. The lowest BCUT2D eigenvalue weighted by atomic mass is 10.1. The third-order valence-electron chi connectivity index (χ3n) is 5.81. The van der Waals surface area contributed by atoms with Gasteiger partial charge in [0.2, 0.25) is 5.89 Å². The fourth-order valence-corrected chi connectivity index (χ4v) is 4.21. The Labute approximate surface area is 191 Å². The van der Waals surface area contributed by atoms with Crippen molar-refractivity contribution >= 4 is 22.8 Å². The van der Waals surface area contributed by atoms with E-state index in [4.69, 9.17) is 14.1 Å². The standard InChI is InChI=1S/C26H24FN3O3/c1-2-32-23-8-4-3-6-20(23)29-26(31)30-15-5-7-22(30)25-28-21-16-18(11-14-24(21)33-25)17-9-12-19(27)13-10-17/h3-4,6,8-14,16,22H,2,5,7,15H2,1H3,(H,29,31)/t22-/m0/s1. The van der Waals surface area contributed by atoms with Crippen molar-refractivity contribution < 1.29 is 18.3 Å². The molecule has 2 heterocycles. The molecule has 3 aromatic carbocycles. The van der Waals surface area contributed by atoms with E-state index in [1.54, 1.807) is 17.0 Å². The average molecular weight is 445 g/mol. The molecule has 1 atom stereocenters. The number of oxazole rings is 1. The maximum absolute atomic E-state index is 13.3. The summed E-state index contributed by atoms with van der Waals surface area (Å²) in [5.41, 5.74) is 3.83. The summed E-state index contributed by atoms with van der Waals surface area (Å²) in [5.74, 6) is 0.887. The van der Waals surface area contributed by atoms with Gasteiger partial charge < -0.3 is 19.4 Å². The van der Waals surface area contributed by atoms with E-state index in [1.807, 2.05) is 49.4 Å². The number of amides is 2. The van der Waals surface area contributed by atoms with Gasteiger partial charge in [-0.2, -0.15) is 0 Å². The Kier molecular flexibility index (Phi) is 5.69. The number of anilines is 1. The van der Waals surface area contributed by atoms with E-state index in [-0.39, 0.29) is 17.9 Å². The number of fused-ring (bicyclic) bond motifs is 1. The van der Waals surface area contributed by atoms with Crippen molar-refractivity contribution in [3.05, 3.63) is 78.4 Å². The van der Waals surface area contributed by atoms with Crippen LogP contribution in [0.25, 0.3) is 22.2 Å². The van der Waals surface area contributed by atoms with Crippen LogP contribution in [-0.4, -0.2) is 29.1 Å². The van der Waals surface area contributed by atoms with Gasteiger partial charge in [0.1, 0.15) is 23.1 Å². The van der Waals surface area contributed by atoms with Crippen molar-refractivity contribution in [2.45, 2.75) is 25.8 Å². The first kappa shape index (κ1) is 21.0. The Morgan fingerprint density at radius 2 is 1.94 bits per heavy atom. The van der Waals surface area contributed by atoms with Gasteiger partial charge in [0.15, 0.2) is 5.58 Å². The molecule has 168 valence electrons. The van der Waals surface area contributed by atoms with Gasteiger partial charge in [0, 0.05) is 6.54 Å². The second-order valence-corrected chi connectivity index (χ2v) is 7.95. The third kappa shape index (κ3) is 4.26. The summed E-state index contributed by atoms with van der Waals surface area (Å²) < 4.78 is 24.9. The van der Waals surface area contributed by atoms with E-state index < -0.39 is 0 Å². The van der Waals surface area contributed by atoms with Gasteiger partial charge >= 0.3 is 6.03 Å². The maximum Gasteiger partial charge on any atom is 0.322 e. The van der Waals surface area contributed by atoms with Crippen LogP contribution in [0.15, 0.2) is 71.1 Å². The lowest BCUT2D eigenvalue weighted by Gasteiger charge is -2.23. The number of carbonyl (C=O) groups excluding carboxylic acids is 1. The summed E-state index contributed by atoms with van der Waals surface area (Å²) in [7, 11) is 0. The van der Waals surface area contributed by atoms with Gasteiger partial charge in [-0.1, -0.05) is 30.3 Å². The number of hydrogen-bond donors (Lipinski definition) is 1. The van der Waals surface area contributed by atoms with Crippen LogP contribution in [0.1, 0.15) is 31.7 Å². The SMILES string of the molecule is CCOc1ccccc1NC(=O)N1CCC[C@H]1c1nc2cc(-c3ccc(F)cc3)ccc2o1. The lowest BCUT2D eigenvalue weighted by molar-refractivity contribution is 0.198. The second kappa shape index (κ2) is 8.94. The van der Waals surface area contributed by atoms with Crippen LogP contribution in [0.2, 0.25) is 0 Å². The summed E-state index contributed by atoms with van der Waals surface area (Å²) >= 11 is 0. The normalized spacial score (nSPS) is 15.7. The number of nitrogens with one attached hydrogen (secondary N) is 1. The van der Waals surface area contributed by atoms with Crippen molar-refractivity contribution in [1.82, 2.24) is 9.88 Å². The number of benzene rings is 3. The van der Waals surface area contributed by atoms with E-state index in [2.05, 4.69) is 5.32 Å². The van der Waals surface area contributed by atoms with Crippen molar-refractivity contribution in [2.75, 3.05) is 18.5 Å². The van der Waals surface area contributed by atoms with Gasteiger partial charge in [-0.05, 0) is 67.3 Å². The summed E-state index contributed by atoms with van der Waals surface area (Å²) in [6, 6.07) is 19.0. The van der Waals surface area contributed by atoms with E-state index in [0.717, 1.165) is 24.0 Å². The highest BCUT2D eigenvalue weighted by Crippen LogP contribution is 2.35. The predicted octanol–water partition coefficient (Wildman–Crippen LogP) is 6.40. The number of carbonyl (C=O) groups is 1. The molecule has 2 amide bonds. The molecule has 0 radical (unpaired) electrons.